The summed E-state index contributed by atoms with van der Waals surface area (Å²) < 4.78 is 5.37. The maximum atomic E-state index is 12.1. The van der Waals surface area contributed by atoms with Gasteiger partial charge < -0.3 is 0 Å². The number of ether oxygens (including phenoxy) is 1. The molecule has 0 N–H and O–H groups in total. The van der Waals surface area contributed by atoms with Crippen molar-refractivity contribution < 1.29 is 14.3 Å². The first-order valence-corrected chi connectivity index (χ1v) is 6.55. The minimum atomic E-state index is -0.513. The average molecular weight is 271 g/mol. The fraction of sp³-hybridized carbons (Fsp3) is 0.400. The number of aldehydes is 1. The molecule has 20 heavy (non-hydrogen) atoms. The van der Waals surface area contributed by atoms with E-state index in [1.165, 1.54) is 0 Å². The maximum absolute atomic E-state index is 12.1. The quantitative estimate of drug-likeness (QED) is 0.605. The second-order valence-electron chi connectivity index (χ2n) is 5.91. The van der Waals surface area contributed by atoms with Crippen molar-refractivity contribution in [3.05, 3.63) is 28.8 Å². The van der Waals surface area contributed by atoms with Crippen LogP contribution in [0.25, 0.3) is 0 Å². The molecule has 0 atom stereocenters. The van der Waals surface area contributed by atoms with Crippen molar-refractivity contribution in [1.82, 2.24) is 4.90 Å². The third-order valence-corrected chi connectivity index (χ3v) is 3.12. The van der Waals surface area contributed by atoms with Crippen LogP contribution < -0.4 is 5.46 Å². The summed E-state index contributed by atoms with van der Waals surface area (Å²) in [6, 6.07) is 3.61. The van der Waals surface area contributed by atoms with Crippen LogP contribution in [0.15, 0.2) is 12.1 Å². The van der Waals surface area contributed by atoms with Crippen LogP contribution in [-0.4, -0.2) is 36.3 Å². The average Bonchev–Trinajstić information content (AvgIpc) is 2.79. The summed E-state index contributed by atoms with van der Waals surface area (Å²) >= 11 is 0. The van der Waals surface area contributed by atoms with E-state index in [4.69, 9.17) is 4.74 Å². The topological polar surface area (TPSA) is 46.6 Å². The van der Waals surface area contributed by atoms with Gasteiger partial charge in [0.2, 0.25) is 0 Å². The Morgan fingerprint density at radius 1 is 1.40 bits per heavy atom. The molecule has 0 unspecified atom stereocenters. The summed E-state index contributed by atoms with van der Waals surface area (Å²) in [7, 11) is 0. The van der Waals surface area contributed by atoms with E-state index in [1.54, 1.807) is 17.9 Å². The molecule has 1 aromatic rings. The first kappa shape index (κ1) is 14.5. The Morgan fingerprint density at radius 2 is 2.10 bits per heavy atom. The normalized spacial score (nSPS) is 13.7. The summed E-state index contributed by atoms with van der Waals surface area (Å²) in [5, 5.41) is 0. The predicted molar refractivity (Wildman–Crippen MR) is 79.8 cm³/mol. The second kappa shape index (κ2) is 5.23. The zero-order valence-corrected chi connectivity index (χ0v) is 12.1. The van der Waals surface area contributed by atoms with Gasteiger partial charge in [0.15, 0.2) is 0 Å². The molecule has 0 saturated heterocycles. The van der Waals surface area contributed by atoms with Gasteiger partial charge in [-0.15, -0.1) is 0 Å². The van der Waals surface area contributed by atoms with Gasteiger partial charge in [-0.1, -0.05) is 0 Å². The third-order valence-electron chi connectivity index (χ3n) is 3.12. The van der Waals surface area contributed by atoms with Gasteiger partial charge >= 0.3 is 119 Å². The van der Waals surface area contributed by atoms with Gasteiger partial charge in [-0.25, -0.2) is 0 Å². The van der Waals surface area contributed by atoms with E-state index < -0.39 is 5.60 Å². The summed E-state index contributed by atoms with van der Waals surface area (Å²) in [4.78, 5) is 24.7. The van der Waals surface area contributed by atoms with E-state index in [9.17, 15) is 9.59 Å². The Kier molecular flexibility index (Phi) is 3.79. The Labute approximate surface area is 119 Å². The van der Waals surface area contributed by atoms with Crippen LogP contribution >= 0.6 is 0 Å². The van der Waals surface area contributed by atoms with Crippen LogP contribution in [0.3, 0.4) is 0 Å². The first-order valence-electron chi connectivity index (χ1n) is 6.55. The monoisotopic (exact) mass is 271 g/mol. The number of amides is 1. The number of hydrogen-bond acceptors (Lipinski definition) is 3. The number of fused-ring (bicyclic) bond motifs is 1. The molecule has 2 rings (SSSR count). The van der Waals surface area contributed by atoms with Gasteiger partial charge in [-0.3, -0.25) is 0 Å². The molecule has 0 spiro atoms. The first-order chi connectivity index (χ1) is 9.34. The summed E-state index contributed by atoms with van der Waals surface area (Å²) in [6.07, 6.45) is 0.472. The molecule has 4 nitrogen and oxygen atoms in total. The number of nitrogens with zero attached hydrogens (tertiary/aromatic N) is 1. The van der Waals surface area contributed by atoms with Crippen LogP contribution in [0.1, 0.15) is 42.3 Å². The molecular formula is C15H18BNO3. The number of hydrogen-bond donors (Lipinski definition) is 0. The SMILES string of the molecule is C=Bc1cc(C=O)cc2c1CN(C(=O)OC(C)(C)C)C2. The number of benzene rings is 1. The summed E-state index contributed by atoms with van der Waals surface area (Å²) in [6.45, 7) is 12.0. The Hall–Kier alpha value is -1.91. The fourth-order valence-electron chi connectivity index (χ4n) is 2.27. The van der Waals surface area contributed by atoms with Crippen LogP contribution in [-0.2, 0) is 17.8 Å². The molecule has 1 aromatic carbocycles. The molecule has 0 aliphatic carbocycles. The van der Waals surface area contributed by atoms with Crippen molar-refractivity contribution in [3.8, 4) is 0 Å². The van der Waals surface area contributed by atoms with Gasteiger partial charge in [-0.2, -0.15) is 0 Å². The Bertz CT molecular complexity index is 575. The summed E-state index contributed by atoms with van der Waals surface area (Å²) in [5.74, 6) is 0. The van der Waals surface area contributed by atoms with Crippen LogP contribution in [0, 0.1) is 0 Å². The molecular weight excluding hydrogens is 253 g/mol. The predicted octanol–water partition coefficient (Wildman–Crippen LogP) is 1.51. The molecule has 0 bridgehead atoms. The van der Waals surface area contributed by atoms with Crippen molar-refractivity contribution in [2.75, 3.05) is 0 Å². The standard InChI is InChI=1S/C15H18BNO3/c1-15(2,3)20-14(19)17-7-11-5-10(9-18)6-13(16-4)12(11)8-17/h5-6,9H,4,7-8H2,1-3H3. The van der Waals surface area contributed by atoms with E-state index in [0.29, 0.717) is 18.7 Å². The third kappa shape index (κ3) is 2.98. The molecule has 1 heterocycles. The fourth-order valence-corrected chi connectivity index (χ4v) is 2.27. The van der Waals surface area contributed by atoms with Gasteiger partial charge in [0.25, 0.3) is 0 Å². The van der Waals surface area contributed by atoms with Crippen molar-refractivity contribution in [2.24, 2.45) is 0 Å². The number of carbonyl (C=O) groups excluding carboxylic acids is 2. The molecule has 0 fully saturated rings. The van der Waals surface area contributed by atoms with Gasteiger partial charge in [-0.05, 0) is 0 Å². The zero-order chi connectivity index (χ0) is 14.9. The van der Waals surface area contributed by atoms with E-state index >= 15 is 0 Å². The molecule has 0 radical (unpaired) electrons. The van der Waals surface area contributed by atoms with Gasteiger partial charge in [0, 0.05) is 0 Å². The molecule has 1 aliphatic heterocycles. The van der Waals surface area contributed by atoms with Crippen LogP contribution in [0.2, 0.25) is 0 Å². The second-order valence-corrected chi connectivity index (χ2v) is 5.91. The molecule has 1 aliphatic rings. The molecule has 1 amide bonds. The molecule has 5 heteroatoms. The van der Waals surface area contributed by atoms with Crippen molar-refractivity contribution >= 4 is 31.2 Å². The van der Waals surface area contributed by atoms with Crippen LogP contribution in [0.5, 0.6) is 0 Å². The van der Waals surface area contributed by atoms with Crippen molar-refractivity contribution in [1.29, 1.82) is 0 Å². The van der Waals surface area contributed by atoms with E-state index in [2.05, 4.69) is 6.47 Å². The van der Waals surface area contributed by atoms with E-state index in [1.807, 2.05) is 26.8 Å². The van der Waals surface area contributed by atoms with E-state index in [0.717, 1.165) is 22.9 Å². The van der Waals surface area contributed by atoms with Crippen molar-refractivity contribution in [3.63, 3.8) is 0 Å². The number of rotatable bonds is 2. The number of carbonyl (C=O) groups is 2. The Morgan fingerprint density at radius 3 is 2.65 bits per heavy atom. The van der Waals surface area contributed by atoms with Gasteiger partial charge in [0.1, 0.15) is 0 Å². The zero-order valence-electron chi connectivity index (χ0n) is 12.1. The van der Waals surface area contributed by atoms with E-state index in [-0.39, 0.29) is 6.09 Å². The summed E-state index contributed by atoms with van der Waals surface area (Å²) in [5.41, 5.74) is 3.01. The minimum absolute atomic E-state index is 0.337. The molecule has 0 aromatic heterocycles. The van der Waals surface area contributed by atoms with Crippen molar-refractivity contribution in [2.45, 2.75) is 39.5 Å². The Balaban J connectivity index is 2.25. The molecule has 104 valence electrons. The van der Waals surface area contributed by atoms with Crippen LogP contribution in [0.4, 0.5) is 4.79 Å². The molecule has 0 saturated carbocycles. The van der Waals surface area contributed by atoms with Gasteiger partial charge in [0.05, 0.1) is 0 Å².